The molecule has 1 unspecified atom stereocenters. The third-order valence-electron chi connectivity index (χ3n) is 8.41. The van der Waals surface area contributed by atoms with Crippen LogP contribution in [0.5, 0.6) is 5.75 Å². The van der Waals surface area contributed by atoms with Gasteiger partial charge in [0.25, 0.3) is 0 Å². The van der Waals surface area contributed by atoms with Crippen LogP contribution in [0.1, 0.15) is 107 Å². The van der Waals surface area contributed by atoms with E-state index in [9.17, 15) is 33.9 Å². The number of rotatable bonds is 38. The average molecular weight is 811 g/mol. The molecule has 0 aliphatic heterocycles. The highest BCUT2D eigenvalue weighted by Gasteiger charge is 2.20. The van der Waals surface area contributed by atoms with Crippen LogP contribution < -0.4 is 26.0 Å². The van der Waals surface area contributed by atoms with Crippen molar-refractivity contribution in [3.63, 3.8) is 0 Å². The molecule has 0 fully saturated rings. The van der Waals surface area contributed by atoms with Crippen molar-refractivity contribution in [2.24, 2.45) is 0 Å². The highest BCUT2D eigenvalue weighted by atomic mass is 16.5. The summed E-state index contributed by atoms with van der Waals surface area (Å²) in [6.07, 6.45) is 11.0. The van der Waals surface area contributed by atoms with E-state index in [1.807, 2.05) is 6.92 Å². The number of carbonyl (C=O) groups excluding carboxylic acids is 4. The zero-order valence-corrected chi connectivity index (χ0v) is 33.7. The van der Waals surface area contributed by atoms with Gasteiger partial charge >= 0.3 is 11.9 Å². The molecule has 0 bridgehead atoms. The molecule has 17 heteroatoms. The lowest BCUT2D eigenvalue weighted by Crippen LogP contribution is -2.41. The monoisotopic (exact) mass is 810 g/mol. The Morgan fingerprint density at radius 2 is 1.05 bits per heavy atom. The first kappa shape index (κ1) is 50.7. The van der Waals surface area contributed by atoms with Gasteiger partial charge in [0.15, 0.2) is 0 Å². The van der Waals surface area contributed by atoms with Crippen LogP contribution in [0.15, 0.2) is 24.3 Å². The van der Waals surface area contributed by atoms with Crippen LogP contribution in [0, 0.1) is 0 Å². The molecular formula is C40H66N4O13. The van der Waals surface area contributed by atoms with Crippen LogP contribution in [0.25, 0.3) is 0 Å². The minimum atomic E-state index is -1.19. The van der Waals surface area contributed by atoms with Gasteiger partial charge < -0.3 is 55.2 Å². The van der Waals surface area contributed by atoms with Gasteiger partial charge in [-0.25, -0.2) is 9.59 Å². The summed E-state index contributed by atoms with van der Waals surface area (Å²) in [6, 6.07) is 5.23. The summed E-state index contributed by atoms with van der Waals surface area (Å²) in [6.45, 7) is 5.10. The normalized spacial score (nSPS) is 11.4. The maximum Gasteiger partial charge on any atom is 0.335 e. The quantitative estimate of drug-likeness (QED) is 0.0527. The molecule has 0 saturated carbocycles. The molecule has 0 aromatic heterocycles. The fourth-order valence-corrected chi connectivity index (χ4v) is 5.20. The van der Waals surface area contributed by atoms with Crippen LogP contribution in [-0.2, 0) is 42.9 Å². The number of hydrogen-bond acceptors (Lipinski definition) is 11. The Morgan fingerprint density at radius 1 is 0.544 bits per heavy atom. The highest BCUT2D eigenvalue weighted by molar-refractivity contribution is 5.87. The zero-order chi connectivity index (χ0) is 41.8. The summed E-state index contributed by atoms with van der Waals surface area (Å²) in [4.78, 5) is 70.4. The van der Waals surface area contributed by atoms with Gasteiger partial charge in [0.1, 0.15) is 25.0 Å². The van der Waals surface area contributed by atoms with Gasteiger partial charge in [-0.2, -0.15) is 0 Å². The second-order valence-corrected chi connectivity index (χ2v) is 13.3. The second-order valence-electron chi connectivity index (χ2n) is 13.3. The minimum Gasteiger partial charge on any atom is -0.494 e. The molecule has 0 spiro atoms. The number of nitrogens with one attached hydrogen (secondary N) is 4. The topological polar surface area (TPSA) is 237 Å². The molecule has 0 heterocycles. The van der Waals surface area contributed by atoms with E-state index in [0.717, 1.165) is 64.2 Å². The molecule has 6 N–H and O–H groups in total. The Bertz CT molecular complexity index is 1270. The summed E-state index contributed by atoms with van der Waals surface area (Å²) in [7, 11) is 0. The van der Waals surface area contributed by atoms with Crippen molar-refractivity contribution in [3.05, 3.63) is 29.8 Å². The fourth-order valence-electron chi connectivity index (χ4n) is 5.20. The average Bonchev–Trinajstić information content (AvgIpc) is 3.19. The number of aromatic carboxylic acids is 1. The number of carboxylic acid groups (broad SMARTS) is 2. The third kappa shape index (κ3) is 30.5. The molecule has 0 aliphatic rings. The standard InChI is InChI=1S/C40H66N4O13/c1-2-3-20-41-37(47)30-55-28-27-54-25-22-43-38(48)31-56-29-26-53-24-21-42-35(45)19-18-34(40(51)52)44-36(46)13-11-9-7-5-4-6-8-10-12-23-57-33-16-14-32(15-17-33)39(49)50/h14-17,34H,2-13,18-31H2,1H3,(H,41,47)(H,42,45)(H,43,48)(H,44,46)(H,49,50)(H,51,52). The van der Waals surface area contributed by atoms with Crippen molar-refractivity contribution < 1.29 is 62.7 Å². The molecular weight excluding hydrogens is 744 g/mol. The van der Waals surface area contributed by atoms with Crippen molar-refractivity contribution in [3.8, 4) is 5.75 Å². The number of carbonyl (C=O) groups is 6. The summed E-state index contributed by atoms with van der Waals surface area (Å²) < 4.78 is 26.9. The van der Waals surface area contributed by atoms with E-state index in [4.69, 9.17) is 28.8 Å². The fraction of sp³-hybridized carbons (Fsp3) is 0.700. The summed E-state index contributed by atoms with van der Waals surface area (Å²) in [5.74, 6) is -2.65. The summed E-state index contributed by atoms with van der Waals surface area (Å²) in [5.41, 5.74) is 0.232. The maximum absolute atomic E-state index is 12.3. The van der Waals surface area contributed by atoms with E-state index in [-0.39, 0.29) is 94.6 Å². The van der Waals surface area contributed by atoms with Crippen LogP contribution in [0.3, 0.4) is 0 Å². The molecule has 0 aliphatic carbocycles. The second kappa shape index (κ2) is 34.9. The molecule has 0 radical (unpaired) electrons. The molecule has 1 atom stereocenters. The summed E-state index contributed by atoms with van der Waals surface area (Å²) in [5, 5.41) is 29.0. The number of aliphatic carboxylic acids is 1. The number of amides is 4. The van der Waals surface area contributed by atoms with Crippen LogP contribution >= 0.6 is 0 Å². The van der Waals surface area contributed by atoms with E-state index >= 15 is 0 Å². The molecule has 57 heavy (non-hydrogen) atoms. The van der Waals surface area contributed by atoms with Gasteiger partial charge in [-0.3, -0.25) is 19.2 Å². The number of carboxylic acids is 2. The number of benzene rings is 1. The van der Waals surface area contributed by atoms with E-state index in [2.05, 4.69) is 21.3 Å². The predicted molar refractivity (Wildman–Crippen MR) is 211 cm³/mol. The Hall–Kier alpha value is -4.32. The summed E-state index contributed by atoms with van der Waals surface area (Å²) >= 11 is 0. The third-order valence-corrected chi connectivity index (χ3v) is 8.41. The van der Waals surface area contributed by atoms with Gasteiger partial charge in [-0.15, -0.1) is 0 Å². The van der Waals surface area contributed by atoms with E-state index < -0.39 is 18.0 Å². The Balaban J connectivity index is 1.93. The predicted octanol–water partition coefficient (Wildman–Crippen LogP) is 3.23. The first-order chi connectivity index (χ1) is 27.6. The van der Waals surface area contributed by atoms with E-state index in [1.54, 1.807) is 12.1 Å². The molecule has 1 aromatic carbocycles. The zero-order valence-electron chi connectivity index (χ0n) is 33.7. The maximum atomic E-state index is 12.3. The number of hydrogen-bond donors (Lipinski definition) is 6. The van der Waals surface area contributed by atoms with Crippen molar-refractivity contribution in [2.75, 3.05) is 79.1 Å². The molecule has 1 rings (SSSR count). The van der Waals surface area contributed by atoms with Gasteiger partial charge in [0.2, 0.25) is 23.6 Å². The molecule has 0 saturated heterocycles. The molecule has 324 valence electrons. The number of unbranched alkanes of at least 4 members (excludes halogenated alkanes) is 9. The van der Waals surface area contributed by atoms with Crippen LogP contribution in [0.2, 0.25) is 0 Å². The first-order valence-electron chi connectivity index (χ1n) is 20.2. The van der Waals surface area contributed by atoms with Gasteiger partial charge in [-0.05, 0) is 49.9 Å². The van der Waals surface area contributed by atoms with E-state index in [1.165, 1.54) is 12.1 Å². The van der Waals surface area contributed by atoms with Crippen LogP contribution in [0.4, 0.5) is 0 Å². The van der Waals surface area contributed by atoms with Gasteiger partial charge in [-0.1, -0.05) is 58.3 Å². The van der Waals surface area contributed by atoms with Gasteiger partial charge in [0, 0.05) is 32.5 Å². The lowest BCUT2D eigenvalue weighted by molar-refractivity contribution is -0.142. The highest BCUT2D eigenvalue weighted by Crippen LogP contribution is 2.14. The first-order valence-corrected chi connectivity index (χ1v) is 20.2. The van der Waals surface area contributed by atoms with Crippen molar-refractivity contribution in [1.82, 2.24) is 21.3 Å². The lowest BCUT2D eigenvalue weighted by atomic mass is 10.1. The Morgan fingerprint density at radius 3 is 1.60 bits per heavy atom. The Labute approximate surface area is 336 Å². The molecule has 17 nitrogen and oxygen atoms in total. The van der Waals surface area contributed by atoms with Crippen molar-refractivity contribution in [2.45, 2.75) is 103 Å². The van der Waals surface area contributed by atoms with Crippen molar-refractivity contribution >= 4 is 35.6 Å². The van der Waals surface area contributed by atoms with Crippen LogP contribution in [-0.4, -0.2) is 131 Å². The lowest BCUT2D eigenvalue weighted by Gasteiger charge is -2.14. The molecule has 4 amide bonds. The number of ether oxygens (including phenoxy) is 5. The largest absolute Gasteiger partial charge is 0.494 e. The minimum absolute atomic E-state index is 0.0129. The smallest absolute Gasteiger partial charge is 0.335 e. The van der Waals surface area contributed by atoms with E-state index in [0.29, 0.717) is 45.1 Å². The van der Waals surface area contributed by atoms with Gasteiger partial charge in [0.05, 0.1) is 51.8 Å². The van der Waals surface area contributed by atoms with Crippen molar-refractivity contribution in [1.29, 1.82) is 0 Å². The SMILES string of the molecule is CCCCNC(=O)COCCOCCNC(=O)COCCOCCNC(=O)CCC(NC(=O)CCCCCCCCCCCOc1ccc(C(=O)O)cc1)C(=O)O. The Kier molecular flexibility index (Phi) is 31.0. The molecule has 1 aromatic rings.